The zero-order valence-electron chi connectivity index (χ0n) is 13.4. The van der Waals surface area contributed by atoms with Crippen molar-refractivity contribution >= 4 is 34.4 Å². The second-order valence-electron chi connectivity index (χ2n) is 6.26. The number of halogens is 1. The number of rotatable bonds is 4. The molecule has 0 amide bonds. The lowest BCUT2D eigenvalue weighted by Crippen LogP contribution is -2.13. The van der Waals surface area contributed by atoms with Crippen LogP contribution in [0.25, 0.3) is 0 Å². The lowest BCUT2D eigenvalue weighted by atomic mass is 9.86. The van der Waals surface area contributed by atoms with Crippen LogP contribution in [0.2, 0.25) is 5.02 Å². The topological polar surface area (TPSA) is 98.3 Å². The third-order valence-electron chi connectivity index (χ3n) is 3.49. The Bertz CT molecular complexity index is 780. The van der Waals surface area contributed by atoms with Crippen LogP contribution in [-0.4, -0.2) is 9.85 Å². The van der Waals surface area contributed by atoms with Gasteiger partial charge in [0.2, 0.25) is 0 Å². The van der Waals surface area contributed by atoms with Gasteiger partial charge in [-0.2, -0.15) is 0 Å². The van der Waals surface area contributed by atoms with Crippen molar-refractivity contribution in [1.29, 1.82) is 0 Å². The summed E-state index contributed by atoms with van der Waals surface area (Å²) in [5.41, 5.74) is -0.535. The molecule has 7 nitrogen and oxygen atoms in total. The van der Waals surface area contributed by atoms with E-state index in [1.165, 1.54) is 12.1 Å². The number of para-hydroxylation sites is 1. The van der Waals surface area contributed by atoms with Gasteiger partial charge in [-0.05, 0) is 23.1 Å². The molecule has 0 fully saturated rings. The zero-order valence-corrected chi connectivity index (χ0v) is 14.1. The fourth-order valence-electron chi connectivity index (χ4n) is 2.16. The Morgan fingerprint density at radius 1 is 1.00 bits per heavy atom. The molecule has 2 aromatic carbocycles. The van der Waals surface area contributed by atoms with Crippen molar-refractivity contribution in [1.82, 2.24) is 0 Å². The summed E-state index contributed by atoms with van der Waals surface area (Å²) in [7, 11) is 0. The van der Waals surface area contributed by atoms with Crippen molar-refractivity contribution in [2.75, 3.05) is 5.32 Å². The van der Waals surface area contributed by atoms with E-state index in [0.717, 1.165) is 0 Å². The number of nitrogens with one attached hydrogen (secondary N) is 1. The van der Waals surface area contributed by atoms with Gasteiger partial charge in [0.25, 0.3) is 11.4 Å². The number of hydrogen-bond acceptors (Lipinski definition) is 5. The van der Waals surface area contributed by atoms with Gasteiger partial charge in [0, 0.05) is 12.1 Å². The van der Waals surface area contributed by atoms with E-state index in [1.807, 2.05) is 20.8 Å². The van der Waals surface area contributed by atoms with Gasteiger partial charge in [-0.25, -0.2) is 0 Å². The van der Waals surface area contributed by atoms with Crippen LogP contribution in [0, 0.1) is 20.2 Å². The Balaban J connectivity index is 2.71. The maximum absolute atomic E-state index is 11.5. The number of nitro groups is 2. The van der Waals surface area contributed by atoms with Crippen LogP contribution in [0.1, 0.15) is 26.3 Å². The first kappa shape index (κ1) is 17.7. The quantitative estimate of drug-likeness (QED) is 0.604. The number of anilines is 2. The molecule has 0 saturated heterocycles. The molecule has 0 bridgehead atoms. The van der Waals surface area contributed by atoms with E-state index >= 15 is 0 Å². The molecule has 2 rings (SSSR count). The monoisotopic (exact) mass is 349 g/mol. The summed E-state index contributed by atoms with van der Waals surface area (Å²) < 4.78 is 0. The number of nitrogens with zero attached hydrogens (tertiary/aromatic N) is 2. The smallest absolute Gasteiger partial charge is 0.300 e. The molecule has 0 saturated carbocycles. The van der Waals surface area contributed by atoms with E-state index in [2.05, 4.69) is 5.32 Å². The van der Waals surface area contributed by atoms with E-state index < -0.39 is 15.3 Å². The molecule has 24 heavy (non-hydrogen) atoms. The molecule has 0 atom stereocenters. The highest BCUT2D eigenvalue weighted by atomic mass is 35.5. The van der Waals surface area contributed by atoms with Gasteiger partial charge in [-0.15, -0.1) is 0 Å². The Labute approximate surface area is 143 Å². The fourth-order valence-corrected chi connectivity index (χ4v) is 2.34. The first-order chi connectivity index (χ1) is 11.1. The van der Waals surface area contributed by atoms with Crippen LogP contribution in [0.3, 0.4) is 0 Å². The summed E-state index contributed by atoms with van der Waals surface area (Å²) in [6.45, 7) is 5.49. The summed E-state index contributed by atoms with van der Waals surface area (Å²) in [5.74, 6) is 0. The highest BCUT2D eigenvalue weighted by molar-refractivity contribution is 6.33. The fraction of sp³-hybridized carbons (Fsp3) is 0.250. The summed E-state index contributed by atoms with van der Waals surface area (Å²) in [4.78, 5) is 21.6. The molecular formula is C16H16ClN3O4. The predicted octanol–water partition coefficient (Wildman–Crippen LogP) is 5.20. The zero-order chi connectivity index (χ0) is 18.1. The van der Waals surface area contributed by atoms with E-state index in [0.29, 0.717) is 16.3 Å². The van der Waals surface area contributed by atoms with Gasteiger partial charge in [0.05, 0.1) is 20.6 Å². The van der Waals surface area contributed by atoms with Gasteiger partial charge in [0.15, 0.2) is 5.69 Å². The molecule has 1 N–H and O–H groups in total. The number of nitro benzene ring substituents is 2. The van der Waals surface area contributed by atoms with Crippen molar-refractivity contribution in [3.05, 3.63) is 67.2 Å². The van der Waals surface area contributed by atoms with Gasteiger partial charge < -0.3 is 5.32 Å². The summed E-state index contributed by atoms with van der Waals surface area (Å²) in [6.07, 6.45) is 0. The van der Waals surface area contributed by atoms with Crippen LogP contribution >= 0.6 is 11.6 Å². The van der Waals surface area contributed by atoms with Crippen molar-refractivity contribution < 1.29 is 9.85 Å². The van der Waals surface area contributed by atoms with Crippen LogP contribution in [0.5, 0.6) is 0 Å². The highest BCUT2D eigenvalue weighted by Gasteiger charge is 2.30. The Morgan fingerprint density at radius 3 is 1.92 bits per heavy atom. The molecule has 0 aliphatic carbocycles. The van der Waals surface area contributed by atoms with Crippen LogP contribution < -0.4 is 5.32 Å². The third kappa shape index (κ3) is 3.62. The molecular weight excluding hydrogens is 334 g/mol. The molecule has 0 aromatic heterocycles. The maximum Gasteiger partial charge on any atom is 0.300 e. The van der Waals surface area contributed by atoms with Crippen molar-refractivity contribution in [2.24, 2.45) is 0 Å². The van der Waals surface area contributed by atoms with Crippen molar-refractivity contribution in [3.8, 4) is 0 Å². The summed E-state index contributed by atoms with van der Waals surface area (Å²) in [6, 6.07) is 9.26. The molecule has 0 spiro atoms. The van der Waals surface area contributed by atoms with E-state index in [1.54, 1.807) is 24.3 Å². The Morgan fingerprint density at radius 2 is 1.50 bits per heavy atom. The van der Waals surface area contributed by atoms with Crippen LogP contribution in [0.15, 0.2) is 36.4 Å². The predicted molar refractivity (Wildman–Crippen MR) is 93.2 cm³/mol. The first-order valence-electron chi connectivity index (χ1n) is 7.10. The molecule has 0 unspecified atom stereocenters. The second-order valence-corrected chi connectivity index (χ2v) is 6.67. The average Bonchev–Trinajstić information content (AvgIpc) is 2.47. The molecule has 126 valence electrons. The molecule has 0 heterocycles. The van der Waals surface area contributed by atoms with Crippen molar-refractivity contribution in [3.63, 3.8) is 0 Å². The Hall–Kier alpha value is -2.67. The first-order valence-corrected chi connectivity index (χ1v) is 7.48. The lowest BCUT2D eigenvalue weighted by molar-refractivity contribution is -0.392. The average molecular weight is 350 g/mol. The minimum absolute atomic E-state index is 0.189. The standard InChI is InChI=1S/C16H16ClN3O4/c1-16(2,3)10-8-13(19(21)22)15(14(9-10)20(23)24)18-12-7-5-4-6-11(12)17/h4-9,18H,1-3H3. The molecule has 0 radical (unpaired) electrons. The molecule has 0 aliphatic heterocycles. The lowest BCUT2D eigenvalue weighted by Gasteiger charge is -2.19. The minimum atomic E-state index is -0.637. The van der Waals surface area contributed by atoms with Crippen molar-refractivity contribution in [2.45, 2.75) is 26.2 Å². The Kier molecular flexibility index (Phi) is 4.75. The second kappa shape index (κ2) is 6.45. The van der Waals surface area contributed by atoms with Gasteiger partial charge >= 0.3 is 0 Å². The SMILES string of the molecule is CC(C)(C)c1cc([N+](=O)[O-])c(Nc2ccccc2Cl)c([N+](=O)[O-])c1. The number of benzene rings is 2. The van der Waals surface area contributed by atoms with Crippen LogP contribution in [0.4, 0.5) is 22.7 Å². The van der Waals surface area contributed by atoms with Gasteiger partial charge in [-0.1, -0.05) is 44.5 Å². The normalized spacial score (nSPS) is 11.2. The van der Waals surface area contributed by atoms with E-state index in [4.69, 9.17) is 11.6 Å². The maximum atomic E-state index is 11.5. The third-order valence-corrected chi connectivity index (χ3v) is 3.82. The van der Waals surface area contributed by atoms with Gasteiger partial charge in [0.1, 0.15) is 0 Å². The van der Waals surface area contributed by atoms with Gasteiger partial charge in [-0.3, -0.25) is 20.2 Å². The summed E-state index contributed by atoms with van der Waals surface area (Å²) in [5, 5.41) is 26.0. The van der Waals surface area contributed by atoms with E-state index in [-0.39, 0.29) is 17.1 Å². The largest absolute Gasteiger partial charge is 0.343 e. The molecule has 0 aliphatic rings. The number of hydrogen-bond donors (Lipinski definition) is 1. The van der Waals surface area contributed by atoms with Crippen LogP contribution in [-0.2, 0) is 5.41 Å². The van der Waals surface area contributed by atoms with E-state index in [9.17, 15) is 20.2 Å². The minimum Gasteiger partial charge on any atom is -0.343 e. The summed E-state index contributed by atoms with van der Waals surface area (Å²) >= 11 is 6.04. The molecule has 8 heteroatoms. The molecule has 2 aromatic rings. The highest BCUT2D eigenvalue weighted by Crippen LogP contribution is 2.41.